The molecule has 1 aromatic heterocycles. The van der Waals surface area contributed by atoms with Crippen molar-refractivity contribution in [1.29, 1.82) is 0 Å². The van der Waals surface area contributed by atoms with Gasteiger partial charge in [0, 0.05) is 30.5 Å². The third kappa shape index (κ3) is 7.79. The number of nitrogens with zero attached hydrogens (tertiary/aromatic N) is 2. The van der Waals surface area contributed by atoms with Gasteiger partial charge in [-0.15, -0.1) is 0 Å². The number of hydrogen-bond acceptors (Lipinski definition) is 7. The van der Waals surface area contributed by atoms with E-state index in [4.69, 9.17) is 0 Å². The van der Waals surface area contributed by atoms with Gasteiger partial charge in [-0.1, -0.05) is 0 Å². The fraction of sp³-hybridized carbons (Fsp3) is 0.143. The molecule has 0 radical (unpaired) electrons. The third-order valence-electron chi connectivity index (χ3n) is 2.80. The molecule has 1 aromatic carbocycles. The van der Waals surface area contributed by atoms with Crippen LogP contribution in [-0.2, 0) is 64.4 Å². The fourth-order valence-electron chi connectivity index (χ4n) is 1.69. The Hall–Kier alpha value is -1.53. The maximum absolute atomic E-state index is 12.2. The molecule has 2 aromatic rings. The Balaban J connectivity index is 0.00000312. The van der Waals surface area contributed by atoms with Crippen LogP contribution in [0.3, 0.4) is 0 Å². The monoisotopic (exact) mass is 563 g/mol. The number of aliphatic carboxylic acids is 1. The first-order valence-corrected chi connectivity index (χ1v) is 8.25. The average molecular weight is 565 g/mol. The minimum Gasteiger partial charge on any atom is -0.550 e. The number of benzene rings is 1. The van der Waals surface area contributed by atoms with Crippen molar-refractivity contribution in [3.05, 3.63) is 42.7 Å². The Kier molecular flexibility index (Phi) is 10.6. The molecule has 12 heteroatoms. The van der Waals surface area contributed by atoms with Crippen molar-refractivity contribution < 1.29 is 67.9 Å². The second kappa shape index (κ2) is 11.2. The summed E-state index contributed by atoms with van der Waals surface area (Å²) in [6.45, 7) is 0. The first-order chi connectivity index (χ1) is 11.4. The SMILES string of the molecule is O=C([O-])CCC(=O)Nc1ccc(S(=O)(=O)Nc2ncccn2)cc1.[Ag+].[Ag+]. The van der Waals surface area contributed by atoms with Gasteiger partial charge in [-0.3, -0.25) is 4.79 Å². The number of aromatic nitrogens is 2. The van der Waals surface area contributed by atoms with Gasteiger partial charge >= 0.3 is 44.8 Å². The molecule has 0 spiro atoms. The van der Waals surface area contributed by atoms with Crippen LogP contribution in [-0.4, -0.2) is 30.3 Å². The van der Waals surface area contributed by atoms with Crippen molar-refractivity contribution >= 4 is 33.5 Å². The van der Waals surface area contributed by atoms with Crippen molar-refractivity contribution in [3.8, 4) is 0 Å². The molecule has 1 heterocycles. The normalized spacial score (nSPS) is 10.0. The molecule has 9 nitrogen and oxygen atoms in total. The van der Waals surface area contributed by atoms with Crippen molar-refractivity contribution in [2.45, 2.75) is 17.7 Å². The van der Waals surface area contributed by atoms with E-state index in [9.17, 15) is 23.1 Å². The van der Waals surface area contributed by atoms with E-state index in [-0.39, 0.29) is 68.4 Å². The number of sulfonamides is 1. The number of carbonyl (C=O) groups excluding carboxylic acids is 2. The predicted molar refractivity (Wildman–Crippen MR) is 82.2 cm³/mol. The first kappa shape index (κ1) is 24.5. The van der Waals surface area contributed by atoms with Gasteiger partial charge < -0.3 is 15.2 Å². The first-order valence-electron chi connectivity index (χ1n) is 6.76. The van der Waals surface area contributed by atoms with Gasteiger partial charge in [-0.25, -0.2) is 23.1 Å². The summed E-state index contributed by atoms with van der Waals surface area (Å²) in [5.74, 6) is -1.89. The summed E-state index contributed by atoms with van der Waals surface area (Å²) < 4.78 is 26.5. The zero-order valence-corrected chi connectivity index (χ0v) is 16.7. The maximum Gasteiger partial charge on any atom is 1.00 e. The Bertz CT molecular complexity index is 832. The second-order valence-corrected chi connectivity index (χ2v) is 6.30. The van der Waals surface area contributed by atoms with Crippen molar-refractivity contribution in [2.75, 3.05) is 10.0 Å². The van der Waals surface area contributed by atoms with Crippen LogP contribution in [0.25, 0.3) is 0 Å². The molecule has 0 saturated carbocycles. The van der Waals surface area contributed by atoms with E-state index in [0.717, 1.165) is 0 Å². The van der Waals surface area contributed by atoms with E-state index in [1.165, 1.54) is 36.7 Å². The summed E-state index contributed by atoms with van der Waals surface area (Å²) in [5.41, 5.74) is 0.341. The van der Waals surface area contributed by atoms with Crippen LogP contribution in [0.2, 0.25) is 0 Å². The number of carboxylic acids is 1. The number of rotatable bonds is 7. The largest absolute Gasteiger partial charge is 1.00 e. The van der Waals surface area contributed by atoms with Gasteiger partial charge in [0.25, 0.3) is 10.0 Å². The minimum absolute atomic E-state index is 0. The Morgan fingerprint density at radius 1 is 1.00 bits per heavy atom. The van der Waals surface area contributed by atoms with Crippen LogP contribution >= 0.6 is 0 Å². The van der Waals surface area contributed by atoms with Crippen LogP contribution < -0.4 is 15.1 Å². The van der Waals surface area contributed by atoms with Gasteiger partial charge in [-0.05, 0) is 36.8 Å². The summed E-state index contributed by atoms with van der Waals surface area (Å²) in [5, 5.41) is 12.7. The van der Waals surface area contributed by atoms with Crippen molar-refractivity contribution in [1.82, 2.24) is 9.97 Å². The standard InChI is InChI=1S/C14H14N4O5S.2Ag/c19-12(6-7-13(20)21)17-10-2-4-11(5-3-10)24(22,23)18-14-15-8-1-9-16-14;;/h1-5,8-9H,6-7H2,(H,17,19)(H,20,21)(H,15,16,18);;/q;2*+1/p-1. The van der Waals surface area contributed by atoms with E-state index in [1.54, 1.807) is 6.07 Å². The fourth-order valence-corrected chi connectivity index (χ4v) is 2.65. The zero-order chi connectivity index (χ0) is 17.6. The molecule has 2 rings (SSSR count). The summed E-state index contributed by atoms with van der Waals surface area (Å²) in [4.78, 5) is 29.3. The quantitative estimate of drug-likeness (QED) is 0.441. The molecule has 0 saturated heterocycles. The van der Waals surface area contributed by atoms with E-state index < -0.39 is 21.9 Å². The molecule has 0 unspecified atom stereocenters. The van der Waals surface area contributed by atoms with Crippen LogP contribution in [0.1, 0.15) is 12.8 Å². The van der Waals surface area contributed by atoms with Crippen molar-refractivity contribution in [2.24, 2.45) is 0 Å². The summed E-state index contributed by atoms with van der Waals surface area (Å²) in [7, 11) is -3.85. The Morgan fingerprint density at radius 3 is 2.12 bits per heavy atom. The smallest absolute Gasteiger partial charge is 0.550 e. The molecule has 2 N–H and O–H groups in total. The van der Waals surface area contributed by atoms with Gasteiger partial charge in [0.15, 0.2) is 0 Å². The molecule has 146 valence electrons. The van der Waals surface area contributed by atoms with Gasteiger partial charge in [0.05, 0.1) is 4.90 Å². The summed E-state index contributed by atoms with van der Waals surface area (Å²) in [6, 6.07) is 6.91. The summed E-state index contributed by atoms with van der Waals surface area (Å²) in [6.07, 6.45) is 2.18. The van der Waals surface area contributed by atoms with Gasteiger partial charge in [0.1, 0.15) is 0 Å². The summed E-state index contributed by atoms with van der Waals surface area (Å²) >= 11 is 0. The molecule has 0 aliphatic rings. The number of carbonyl (C=O) groups is 2. The van der Waals surface area contributed by atoms with Crippen LogP contribution in [0, 0.1) is 0 Å². The maximum atomic E-state index is 12.2. The molecule has 0 fully saturated rings. The van der Waals surface area contributed by atoms with E-state index in [1.807, 2.05) is 0 Å². The second-order valence-electron chi connectivity index (χ2n) is 4.62. The van der Waals surface area contributed by atoms with E-state index >= 15 is 0 Å². The molecular formula is C14H13Ag2N4O5S+. The topological polar surface area (TPSA) is 141 Å². The zero-order valence-electron chi connectivity index (χ0n) is 12.9. The van der Waals surface area contributed by atoms with Crippen molar-refractivity contribution in [3.63, 3.8) is 0 Å². The Morgan fingerprint density at radius 2 is 1.58 bits per heavy atom. The molecular weight excluding hydrogens is 552 g/mol. The van der Waals surface area contributed by atoms with Gasteiger partial charge in [-0.2, -0.15) is 0 Å². The van der Waals surface area contributed by atoms with Gasteiger partial charge in [0.2, 0.25) is 11.9 Å². The number of carboxylic acid groups (broad SMARTS) is 1. The molecule has 26 heavy (non-hydrogen) atoms. The third-order valence-corrected chi connectivity index (χ3v) is 4.14. The molecule has 0 bridgehead atoms. The minimum atomic E-state index is -3.85. The van der Waals surface area contributed by atoms with E-state index in [2.05, 4.69) is 20.0 Å². The number of amides is 1. The van der Waals surface area contributed by atoms with E-state index in [0.29, 0.717) is 5.69 Å². The average Bonchev–Trinajstić information content (AvgIpc) is 2.54. The predicted octanol–water partition coefficient (Wildman–Crippen LogP) is -0.259. The van der Waals surface area contributed by atoms with Crippen LogP contribution in [0.4, 0.5) is 11.6 Å². The molecule has 1 amide bonds. The number of nitrogens with one attached hydrogen (secondary N) is 2. The van der Waals surface area contributed by atoms with Crippen LogP contribution in [0.15, 0.2) is 47.6 Å². The number of hydrogen-bond donors (Lipinski definition) is 2. The molecule has 0 atom stereocenters. The van der Waals surface area contributed by atoms with Crippen LogP contribution in [0.5, 0.6) is 0 Å². The number of anilines is 2. The molecule has 0 aliphatic heterocycles. The molecule has 0 aliphatic carbocycles. The Labute approximate surface area is 181 Å².